The van der Waals surface area contributed by atoms with Gasteiger partial charge in [0.1, 0.15) is 5.75 Å². The van der Waals surface area contributed by atoms with Crippen molar-refractivity contribution in [2.24, 2.45) is 0 Å². The fourth-order valence-electron chi connectivity index (χ4n) is 3.25. The third-order valence-electron chi connectivity index (χ3n) is 4.73. The number of benzene rings is 2. The average Bonchev–Trinajstić information content (AvgIpc) is 3.14. The number of hydrogen-bond donors (Lipinski definition) is 2. The Balaban J connectivity index is 1.37. The lowest BCUT2D eigenvalue weighted by Gasteiger charge is -2.37. The van der Waals surface area contributed by atoms with Crippen LogP contribution in [-0.2, 0) is 0 Å². The van der Waals surface area contributed by atoms with Crippen molar-refractivity contribution in [3.8, 4) is 5.75 Å². The van der Waals surface area contributed by atoms with Gasteiger partial charge in [-0.15, -0.1) is 0 Å². The van der Waals surface area contributed by atoms with Crippen LogP contribution in [0.3, 0.4) is 0 Å². The van der Waals surface area contributed by atoms with Crippen molar-refractivity contribution < 1.29 is 9.53 Å². The van der Waals surface area contributed by atoms with Gasteiger partial charge in [0, 0.05) is 43.2 Å². The molecule has 0 atom stereocenters. The van der Waals surface area contributed by atoms with E-state index in [9.17, 15) is 4.79 Å². The number of methoxy groups -OCH3 is 1. The van der Waals surface area contributed by atoms with Crippen molar-refractivity contribution in [1.29, 1.82) is 0 Å². The molecule has 4 rings (SSSR count). The molecule has 2 radical (unpaired) electrons. The Hall–Kier alpha value is -2.93. The summed E-state index contributed by atoms with van der Waals surface area (Å²) in [6, 6.07) is 15.9. The predicted octanol–water partition coefficient (Wildman–Crippen LogP) is 2.05. The number of urea groups is 1. The molecule has 2 saturated heterocycles. The fraction of sp³-hybridized carbons (Fsp3) is 0.263. The van der Waals surface area contributed by atoms with E-state index in [1.807, 2.05) is 36.4 Å². The van der Waals surface area contributed by atoms with Crippen molar-refractivity contribution >= 4 is 23.1 Å². The number of hydrazine groups is 1. The number of nitrogens with one attached hydrogen (secondary N) is 2. The lowest BCUT2D eigenvalue weighted by Crippen LogP contribution is -2.46. The van der Waals surface area contributed by atoms with Crippen LogP contribution in [0.25, 0.3) is 0 Å². The first kappa shape index (κ1) is 16.5. The minimum Gasteiger partial charge on any atom is -0.497 e. The molecule has 7 heteroatoms. The van der Waals surface area contributed by atoms with Crippen LogP contribution in [0.15, 0.2) is 48.5 Å². The van der Waals surface area contributed by atoms with Crippen LogP contribution in [0.5, 0.6) is 5.75 Å². The predicted molar refractivity (Wildman–Crippen MR) is 101 cm³/mol. The summed E-state index contributed by atoms with van der Waals surface area (Å²) in [5.74, 6) is 0.879. The normalized spacial score (nSPS) is 17.4. The minimum absolute atomic E-state index is 0.231. The third kappa shape index (κ3) is 3.25. The number of hydrogen-bond acceptors (Lipinski definition) is 5. The van der Waals surface area contributed by atoms with Gasteiger partial charge in [-0.05, 0) is 48.5 Å². The summed E-state index contributed by atoms with van der Waals surface area (Å²) < 4.78 is 5.22. The maximum atomic E-state index is 11.6. The molecule has 2 aromatic carbocycles. The lowest BCUT2D eigenvalue weighted by atomic mass is 10.2. The molecule has 0 aromatic heterocycles. The van der Waals surface area contributed by atoms with Crippen LogP contribution >= 0.6 is 0 Å². The summed E-state index contributed by atoms with van der Waals surface area (Å²) in [5, 5.41) is 0. The summed E-state index contributed by atoms with van der Waals surface area (Å²) in [4.78, 5) is 17.8. The van der Waals surface area contributed by atoms with E-state index in [0.717, 1.165) is 43.3 Å². The molecule has 7 nitrogen and oxygen atoms in total. The highest BCUT2D eigenvalue weighted by atomic mass is 16.5. The van der Waals surface area contributed by atoms with Crippen molar-refractivity contribution in [1.82, 2.24) is 10.9 Å². The maximum Gasteiger partial charge on any atom is 0.338 e. The second-order valence-electron chi connectivity index (χ2n) is 6.19. The molecule has 2 N–H and O–H groups in total. The van der Waals surface area contributed by atoms with Crippen LogP contribution < -0.4 is 30.3 Å². The Morgan fingerprint density at radius 1 is 0.846 bits per heavy atom. The number of ether oxygens (including phenoxy) is 1. The van der Waals surface area contributed by atoms with E-state index >= 15 is 0 Å². The zero-order valence-corrected chi connectivity index (χ0v) is 14.6. The van der Waals surface area contributed by atoms with Gasteiger partial charge in [-0.3, -0.25) is 10.3 Å². The first-order valence-corrected chi connectivity index (χ1v) is 8.59. The van der Waals surface area contributed by atoms with E-state index in [1.165, 1.54) is 10.6 Å². The fourth-order valence-corrected chi connectivity index (χ4v) is 3.25. The van der Waals surface area contributed by atoms with Gasteiger partial charge < -0.3 is 14.5 Å². The number of anilines is 3. The van der Waals surface area contributed by atoms with Gasteiger partial charge in [0.05, 0.1) is 7.11 Å². The largest absolute Gasteiger partial charge is 0.497 e. The Morgan fingerprint density at radius 3 is 1.81 bits per heavy atom. The molecule has 2 fully saturated rings. The van der Waals surface area contributed by atoms with Crippen molar-refractivity contribution in [3.63, 3.8) is 0 Å². The maximum absolute atomic E-state index is 11.6. The Labute approximate surface area is 153 Å². The first-order chi connectivity index (χ1) is 12.7. The highest BCUT2D eigenvalue weighted by molar-refractivity contribution is 5.94. The quantitative estimate of drug-likeness (QED) is 0.883. The van der Waals surface area contributed by atoms with Gasteiger partial charge in [-0.25, -0.2) is 4.79 Å². The summed E-state index contributed by atoms with van der Waals surface area (Å²) in [6.07, 6.45) is 0. The number of amides is 2. The van der Waals surface area contributed by atoms with E-state index in [0.29, 0.717) is 0 Å². The first-order valence-electron chi connectivity index (χ1n) is 8.59. The Morgan fingerprint density at radius 2 is 1.35 bits per heavy atom. The molecule has 0 bridgehead atoms. The van der Waals surface area contributed by atoms with Gasteiger partial charge in [0.2, 0.25) is 6.67 Å². The minimum atomic E-state index is -0.231. The van der Waals surface area contributed by atoms with E-state index in [-0.39, 0.29) is 6.03 Å². The molecule has 134 valence electrons. The number of nitrogens with zero attached hydrogens (tertiary/aromatic N) is 3. The van der Waals surface area contributed by atoms with Crippen molar-refractivity contribution in [2.45, 2.75) is 0 Å². The SMILES string of the molecule is COc1ccc(N2CCN(c3ccc(N4[C]NNC4=O)cc3)CC2)cc1. The molecule has 0 aliphatic carbocycles. The molecular formula is C19H21N5O2. The molecule has 0 spiro atoms. The Bertz CT molecular complexity index is 755. The Kier molecular flexibility index (Phi) is 4.53. The monoisotopic (exact) mass is 351 g/mol. The third-order valence-corrected chi connectivity index (χ3v) is 4.73. The molecule has 26 heavy (non-hydrogen) atoms. The van der Waals surface area contributed by atoms with Gasteiger partial charge in [0.15, 0.2) is 0 Å². The van der Waals surface area contributed by atoms with E-state index in [1.54, 1.807) is 7.11 Å². The van der Waals surface area contributed by atoms with Gasteiger partial charge in [-0.2, -0.15) is 5.43 Å². The van der Waals surface area contributed by atoms with Crippen molar-refractivity contribution in [3.05, 3.63) is 55.2 Å². The molecule has 0 saturated carbocycles. The summed E-state index contributed by atoms with van der Waals surface area (Å²) in [7, 11) is 1.68. The average molecular weight is 351 g/mol. The van der Waals surface area contributed by atoms with Gasteiger partial charge in [0.25, 0.3) is 0 Å². The van der Waals surface area contributed by atoms with Gasteiger partial charge >= 0.3 is 6.03 Å². The lowest BCUT2D eigenvalue weighted by molar-refractivity contribution is 0.250. The zero-order chi connectivity index (χ0) is 17.9. The van der Waals surface area contributed by atoms with Crippen LogP contribution in [0, 0.1) is 6.67 Å². The van der Waals surface area contributed by atoms with Crippen LogP contribution in [0.1, 0.15) is 0 Å². The summed E-state index contributed by atoms with van der Waals surface area (Å²) in [6.45, 7) is 6.59. The molecule has 2 aliphatic rings. The van der Waals surface area contributed by atoms with Crippen molar-refractivity contribution in [2.75, 3.05) is 48.0 Å². The second-order valence-corrected chi connectivity index (χ2v) is 6.19. The van der Waals surface area contributed by atoms with Crippen LogP contribution in [0.4, 0.5) is 21.9 Å². The number of piperazine rings is 1. The summed E-state index contributed by atoms with van der Waals surface area (Å²) >= 11 is 0. The van der Waals surface area contributed by atoms with Gasteiger partial charge in [-0.1, -0.05) is 0 Å². The molecule has 2 aliphatic heterocycles. The number of carbonyl (C=O) groups is 1. The highest BCUT2D eigenvalue weighted by Gasteiger charge is 2.23. The molecule has 0 unspecified atom stereocenters. The number of carbonyl (C=O) groups excluding carboxylic acids is 1. The van der Waals surface area contributed by atoms with Crippen LogP contribution in [0.2, 0.25) is 0 Å². The molecular weight excluding hydrogens is 330 g/mol. The zero-order valence-electron chi connectivity index (χ0n) is 14.6. The molecule has 2 aromatic rings. The van der Waals surface area contributed by atoms with Crippen LogP contribution in [-0.4, -0.2) is 39.3 Å². The molecule has 2 amide bonds. The molecule has 2 heterocycles. The standard InChI is InChI=1S/C19H21N5O2/c1-26-18-8-6-16(7-9-18)23-12-10-22(11-13-23)15-2-4-17(5-3-15)24-14-20-21-19(24)25/h2-9,20H,10-13H2,1H3,(H,21,25). The van der Waals surface area contributed by atoms with E-state index < -0.39 is 0 Å². The topological polar surface area (TPSA) is 60.1 Å². The smallest absolute Gasteiger partial charge is 0.338 e. The highest BCUT2D eigenvalue weighted by Crippen LogP contribution is 2.25. The van der Waals surface area contributed by atoms with E-state index in [4.69, 9.17) is 4.74 Å². The van der Waals surface area contributed by atoms with E-state index in [2.05, 4.69) is 39.5 Å². The second kappa shape index (κ2) is 7.13. The summed E-state index contributed by atoms with van der Waals surface area (Å²) in [5.41, 5.74) is 8.22. The number of rotatable bonds is 4.